The predicted molar refractivity (Wildman–Crippen MR) is 158 cm³/mol. The third-order valence-electron chi connectivity index (χ3n) is 7.99. The van der Waals surface area contributed by atoms with E-state index in [0.717, 1.165) is 24.9 Å². The number of carbonyl (C=O) groups excluding carboxylic acids is 3. The van der Waals surface area contributed by atoms with Crippen LogP contribution >= 0.6 is 0 Å². The molecule has 3 aliphatic rings. The minimum Gasteiger partial charge on any atom is -0.476 e. The van der Waals surface area contributed by atoms with Gasteiger partial charge in [-0.25, -0.2) is 0 Å². The lowest BCUT2D eigenvalue weighted by Gasteiger charge is -2.39. The lowest BCUT2D eigenvalue weighted by Crippen LogP contribution is -2.53. The molecule has 2 heterocycles. The monoisotopic (exact) mass is 572 g/mol. The lowest BCUT2D eigenvalue weighted by molar-refractivity contribution is -0.133. The summed E-state index contributed by atoms with van der Waals surface area (Å²) in [5, 5.41) is 6.49. The third-order valence-corrected chi connectivity index (χ3v) is 7.99. The maximum atomic E-state index is 14.0. The number of ether oxygens (including phenoxy) is 3. The van der Waals surface area contributed by atoms with Crippen LogP contribution in [0.15, 0.2) is 18.2 Å². The first-order valence-corrected chi connectivity index (χ1v) is 15.1. The van der Waals surface area contributed by atoms with Gasteiger partial charge in [0.2, 0.25) is 11.8 Å². The summed E-state index contributed by atoms with van der Waals surface area (Å²) < 4.78 is 16.9. The molecule has 41 heavy (non-hydrogen) atoms. The number of benzene rings is 1. The maximum Gasteiger partial charge on any atom is 0.270 e. The van der Waals surface area contributed by atoms with Gasteiger partial charge in [0.05, 0.1) is 36.8 Å². The highest BCUT2D eigenvalue weighted by Gasteiger charge is 2.43. The number of nitrogens with zero attached hydrogens (tertiary/aromatic N) is 2. The first-order valence-electron chi connectivity index (χ1n) is 15.1. The second kappa shape index (κ2) is 13.5. The second-order valence-electron chi connectivity index (χ2n) is 12.4. The molecule has 0 bridgehead atoms. The molecule has 1 aromatic carbocycles. The summed E-state index contributed by atoms with van der Waals surface area (Å²) in [7, 11) is 1.64. The molecule has 3 atom stereocenters. The van der Waals surface area contributed by atoms with Crippen molar-refractivity contribution >= 4 is 29.1 Å². The number of piperidine rings is 1. The summed E-state index contributed by atoms with van der Waals surface area (Å²) in [4.78, 5) is 44.2. The van der Waals surface area contributed by atoms with E-state index in [1.165, 1.54) is 0 Å². The van der Waals surface area contributed by atoms with Crippen LogP contribution in [-0.4, -0.2) is 82.0 Å². The molecule has 2 N–H and O–H groups in total. The smallest absolute Gasteiger partial charge is 0.270 e. The van der Waals surface area contributed by atoms with E-state index in [2.05, 4.69) is 24.5 Å². The van der Waals surface area contributed by atoms with Crippen molar-refractivity contribution in [3.8, 4) is 5.75 Å². The zero-order valence-electron chi connectivity index (χ0n) is 25.5. The van der Waals surface area contributed by atoms with Gasteiger partial charge in [0.1, 0.15) is 5.75 Å². The number of methoxy groups -OCH3 is 1. The number of fused-ring (bicyclic) bond motifs is 1. The fourth-order valence-electron chi connectivity index (χ4n) is 5.86. The third kappa shape index (κ3) is 7.59. The highest BCUT2D eigenvalue weighted by molar-refractivity contribution is 6.04. The normalized spacial score (nSPS) is 22.6. The van der Waals surface area contributed by atoms with Crippen LogP contribution in [0.25, 0.3) is 0 Å². The topological polar surface area (TPSA) is 109 Å². The van der Waals surface area contributed by atoms with E-state index in [9.17, 15) is 14.4 Å². The van der Waals surface area contributed by atoms with Crippen molar-refractivity contribution < 1.29 is 28.6 Å². The number of nitrogens with one attached hydrogen (secondary N) is 2. The second-order valence-corrected chi connectivity index (χ2v) is 12.4. The average molecular weight is 573 g/mol. The Balaban J connectivity index is 1.52. The Morgan fingerprint density at radius 3 is 2.61 bits per heavy atom. The molecule has 10 nitrogen and oxygen atoms in total. The number of rotatable bonds is 13. The van der Waals surface area contributed by atoms with Crippen LogP contribution in [0.1, 0.15) is 60.3 Å². The molecule has 2 fully saturated rings. The van der Waals surface area contributed by atoms with Gasteiger partial charge < -0.3 is 34.6 Å². The summed E-state index contributed by atoms with van der Waals surface area (Å²) in [6.45, 7) is 12.6. The average Bonchev–Trinajstić information content (AvgIpc) is 3.76. The molecule has 0 aromatic heterocycles. The van der Waals surface area contributed by atoms with E-state index in [1.54, 1.807) is 25.9 Å². The van der Waals surface area contributed by atoms with E-state index in [1.807, 2.05) is 30.0 Å². The molecule has 228 valence electrons. The Kier molecular flexibility index (Phi) is 10.3. The summed E-state index contributed by atoms with van der Waals surface area (Å²) in [5.74, 6) is 0.260. The Bertz CT molecular complexity index is 1090. The molecule has 0 radical (unpaired) electrons. The van der Waals surface area contributed by atoms with Gasteiger partial charge in [-0.2, -0.15) is 0 Å². The van der Waals surface area contributed by atoms with Crippen LogP contribution in [0.4, 0.5) is 11.4 Å². The molecule has 4 rings (SSSR count). The summed E-state index contributed by atoms with van der Waals surface area (Å²) >= 11 is 0. The van der Waals surface area contributed by atoms with Gasteiger partial charge in [-0.05, 0) is 70.6 Å². The van der Waals surface area contributed by atoms with Crippen LogP contribution in [-0.2, 0) is 23.9 Å². The minimum absolute atomic E-state index is 0.0114. The molecule has 1 saturated heterocycles. The van der Waals surface area contributed by atoms with E-state index >= 15 is 0 Å². The molecular weight excluding hydrogens is 524 g/mol. The molecule has 10 heteroatoms. The first-order chi connectivity index (χ1) is 19.6. The molecule has 1 aromatic rings. The van der Waals surface area contributed by atoms with Crippen LogP contribution < -0.4 is 25.2 Å². The lowest BCUT2D eigenvalue weighted by atomic mass is 9.88. The summed E-state index contributed by atoms with van der Waals surface area (Å²) in [6, 6.07) is 5.72. The first kappa shape index (κ1) is 31.3. The summed E-state index contributed by atoms with van der Waals surface area (Å²) in [6.07, 6.45) is 3.18. The Labute approximate surface area is 244 Å². The van der Waals surface area contributed by atoms with Crippen LogP contribution in [0, 0.1) is 17.8 Å². The van der Waals surface area contributed by atoms with Crippen LogP contribution in [0.2, 0.25) is 0 Å². The quantitative estimate of drug-likeness (QED) is 0.350. The van der Waals surface area contributed by atoms with Gasteiger partial charge >= 0.3 is 0 Å². The standard InChI is InChI=1S/C31H48N4O6/c1-7-40-13-12-34-26-16-25(10-11-27(26)41-31(4,5)30(34)38)35(24-8-9-24)29(37)22-15-21(17-32-18-22)28(36)33-23(19-39-6)14-20(2)3/h10-11,16,20-24,32H,7-9,12-15,17-19H2,1-6H3,(H,33,36)/t21-,22+,23+/m0/s1. The zero-order valence-corrected chi connectivity index (χ0v) is 25.5. The van der Waals surface area contributed by atoms with Gasteiger partial charge in [0, 0.05) is 45.1 Å². The van der Waals surface area contributed by atoms with Crippen LogP contribution in [0.5, 0.6) is 5.75 Å². The molecule has 0 unspecified atom stereocenters. The fourth-order valence-corrected chi connectivity index (χ4v) is 5.86. The number of hydrogen-bond acceptors (Lipinski definition) is 7. The summed E-state index contributed by atoms with van der Waals surface area (Å²) in [5.41, 5.74) is 0.406. The van der Waals surface area contributed by atoms with Crippen molar-refractivity contribution in [2.24, 2.45) is 17.8 Å². The Hall–Kier alpha value is -2.69. The Morgan fingerprint density at radius 1 is 1.22 bits per heavy atom. The van der Waals surface area contributed by atoms with Gasteiger partial charge in [0.15, 0.2) is 5.60 Å². The van der Waals surface area contributed by atoms with Gasteiger partial charge in [-0.1, -0.05) is 13.8 Å². The highest BCUT2D eigenvalue weighted by Crippen LogP contribution is 2.42. The molecule has 3 amide bonds. The van der Waals surface area contributed by atoms with Crippen molar-refractivity contribution in [1.82, 2.24) is 10.6 Å². The van der Waals surface area contributed by atoms with Crippen molar-refractivity contribution in [2.75, 3.05) is 56.4 Å². The van der Waals surface area contributed by atoms with Crippen molar-refractivity contribution in [3.05, 3.63) is 18.2 Å². The Morgan fingerprint density at radius 2 is 1.95 bits per heavy atom. The SMILES string of the molecule is CCOCCN1C(=O)C(C)(C)Oc2ccc(N(C(=O)[C@H]3CNC[C@@H](C(=O)N[C@@H](COC)CC(C)C)C3)C3CC3)cc21. The zero-order chi connectivity index (χ0) is 29.7. The molecular formula is C31H48N4O6. The van der Waals surface area contributed by atoms with Crippen molar-refractivity contribution in [3.63, 3.8) is 0 Å². The number of carbonyl (C=O) groups is 3. The molecule has 2 aliphatic heterocycles. The number of amides is 3. The van der Waals surface area contributed by atoms with E-state index < -0.39 is 5.60 Å². The van der Waals surface area contributed by atoms with Gasteiger partial charge in [0.25, 0.3) is 5.91 Å². The van der Waals surface area contributed by atoms with E-state index in [4.69, 9.17) is 14.2 Å². The van der Waals surface area contributed by atoms with E-state index in [-0.39, 0.29) is 41.6 Å². The predicted octanol–water partition coefficient (Wildman–Crippen LogP) is 3.13. The minimum atomic E-state index is -0.993. The molecule has 1 aliphatic carbocycles. The largest absolute Gasteiger partial charge is 0.476 e. The van der Waals surface area contributed by atoms with Gasteiger partial charge in [-0.3, -0.25) is 14.4 Å². The number of anilines is 2. The van der Waals surface area contributed by atoms with Gasteiger partial charge in [-0.15, -0.1) is 0 Å². The fraction of sp³-hybridized carbons (Fsp3) is 0.710. The van der Waals surface area contributed by atoms with Crippen LogP contribution in [0.3, 0.4) is 0 Å². The van der Waals surface area contributed by atoms with Crippen molar-refractivity contribution in [1.29, 1.82) is 0 Å². The maximum absolute atomic E-state index is 14.0. The van der Waals surface area contributed by atoms with Crippen molar-refractivity contribution in [2.45, 2.75) is 78.0 Å². The molecule has 0 spiro atoms. The molecule has 1 saturated carbocycles. The highest BCUT2D eigenvalue weighted by atomic mass is 16.5. The van der Waals surface area contributed by atoms with E-state index in [0.29, 0.717) is 63.2 Å². The number of hydrogen-bond donors (Lipinski definition) is 2.